The molecule has 118 valence electrons. The van der Waals surface area contributed by atoms with Gasteiger partial charge in [0, 0.05) is 24.6 Å². The predicted octanol–water partition coefficient (Wildman–Crippen LogP) is 2.74. The second-order valence-corrected chi connectivity index (χ2v) is 7.32. The predicted molar refractivity (Wildman–Crippen MR) is 85.0 cm³/mol. The fourth-order valence-electron chi connectivity index (χ4n) is 4.08. The van der Waals surface area contributed by atoms with Crippen LogP contribution >= 0.6 is 0 Å². The van der Waals surface area contributed by atoms with Crippen molar-refractivity contribution in [1.82, 2.24) is 9.80 Å². The van der Waals surface area contributed by atoms with Crippen LogP contribution < -0.4 is 0 Å². The van der Waals surface area contributed by atoms with E-state index in [9.17, 15) is 5.11 Å². The number of rotatable bonds is 6. The van der Waals surface area contributed by atoms with E-state index in [4.69, 9.17) is 0 Å². The smallest absolute Gasteiger partial charge is 0.0497 e. The molecule has 0 amide bonds. The summed E-state index contributed by atoms with van der Waals surface area (Å²) in [5.41, 5.74) is 0.104. The van der Waals surface area contributed by atoms with Crippen LogP contribution in [0, 0.1) is 5.41 Å². The lowest BCUT2D eigenvalue weighted by atomic mass is 9.85. The molecule has 0 aromatic heterocycles. The van der Waals surface area contributed by atoms with Gasteiger partial charge in [0.25, 0.3) is 0 Å². The number of hydrogen-bond donors (Lipinski definition) is 1. The molecule has 20 heavy (non-hydrogen) atoms. The third kappa shape index (κ3) is 4.44. The molecule has 0 aromatic rings. The molecule has 1 atom stereocenters. The Hall–Kier alpha value is -0.120. The minimum Gasteiger partial charge on any atom is -0.396 e. The molecule has 0 radical (unpaired) electrons. The fraction of sp³-hybridized carbons (Fsp3) is 1.00. The van der Waals surface area contributed by atoms with Crippen LogP contribution in [0.3, 0.4) is 0 Å². The van der Waals surface area contributed by atoms with Crippen LogP contribution in [0.1, 0.15) is 58.8 Å². The van der Waals surface area contributed by atoms with Crippen molar-refractivity contribution >= 4 is 0 Å². The highest BCUT2D eigenvalue weighted by molar-refractivity contribution is 4.85. The van der Waals surface area contributed by atoms with Crippen molar-refractivity contribution in [2.75, 3.05) is 39.3 Å². The molecule has 2 rings (SSSR count). The highest BCUT2D eigenvalue weighted by Crippen LogP contribution is 2.27. The Morgan fingerprint density at radius 1 is 1.05 bits per heavy atom. The van der Waals surface area contributed by atoms with Crippen LogP contribution in [0.2, 0.25) is 0 Å². The van der Waals surface area contributed by atoms with Gasteiger partial charge in [-0.2, -0.15) is 0 Å². The largest absolute Gasteiger partial charge is 0.396 e. The molecule has 2 fully saturated rings. The monoisotopic (exact) mass is 282 g/mol. The molecule has 1 N–H and O–H groups in total. The van der Waals surface area contributed by atoms with Crippen LogP contribution in [0.4, 0.5) is 0 Å². The van der Waals surface area contributed by atoms with E-state index in [1.54, 1.807) is 0 Å². The molecular formula is C17H34N2O. The van der Waals surface area contributed by atoms with Crippen LogP contribution in [-0.4, -0.2) is 60.3 Å². The molecule has 0 bridgehead atoms. The summed E-state index contributed by atoms with van der Waals surface area (Å²) >= 11 is 0. The first-order valence-electron chi connectivity index (χ1n) is 8.74. The minimum absolute atomic E-state index is 0.104. The minimum atomic E-state index is 0.104. The lowest BCUT2D eigenvalue weighted by Gasteiger charge is -2.42. The summed E-state index contributed by atoms with van der Waals surface area (Å²) in [7, 11) is 0. The molecule has 3 heteroatoms. The third-order valence-electron chi connectivity index (χ3n) is 5.30. The van der Waals surface area contributed by atoms with Gasteiger partial charge in [-0.15, -0.1) is 0 Å². The van der Waals surface area contributed by atoms with Gasteiger partial charge in [-0.1, -0.05) is 26.7 Å². The van der Waals surface area contributed by atoms with E-state index in [2.05, 4.69) is 23.6 Å². The third-order valence-corrected chi connectivity index (χ3v) is 5.30. The maximum Gasteiger partial charge on any atom is 0.0497 e. The molecular weight excluding hydrogens is 248 g/mol. The standard InChI is InChI=1S/C17H34N2O/c1-3-9-17(2,15-20)14-18-12-7-16(8-13-18)19-10-5-4-6-11-19/h16,20H,3-15H2,1-2H3. The van der Waals surface area contributed by atoms with Crippen molar-refractivity contribution in [3.8, 4) is 0 Å². The van der Waals surface area contributed by atoms with Crippen molar-refractivity contribution in [2.24, 2.45) is 5.41 Å². The Labute approximate surface area is 125 Å². The van der Waals surface area contributed by atoms with Crippen molar-refractivity contribution in [2.45, 2.75) is 64.8 Å². The van der Waals surface area contributed by atoms with E-state index in [0.29, 0.717) is 6.61 Å². The average Bonchev–Trinajstić information content (AvgIpc) is 2.49. The number of aliphatic hydroxyl groups excluding tert-OH is 1. The normalized spacial score (nSPS) is 26.6. The molecule has 0 spiro atoms. The molecule has 2 heterocycles. The number of nitrogens with zero attached hydrogens (tertiary/aromatic N) is 2. The van der Waals surface area contributed by atoms with Crippen molar-refractivity contribution in [3.63, 3.8) is 0 Å². The maximum atomic E-state index is 9.67. The van der Waals surface area contributed by atoms with Gasteiger partial charge in [-0.25, -0.2) is 0 Å². The van der Waals surface area contributed by atoms with Crippen molar-refractivity contribution in [3.05, 3.63) is 0 Å². The first kappa shape index (κ1) is 16.3. The summed E-state index contributed by atoms with van der Waals surface area (Å²) in [5, 5.41) is 9.67. The van der Waals surface area contributed by atoms with Crippen LogP contribution in [0.25, 0.3) is 0 Å². The van der Waals surface area contributed by atoms with Gasteiger partial charge in [-0.05, 0) is 58.3 Å². The Kier molecular flexibility index (Phi) is 6.31. The SMILES string of the molecule is CCCC(C)(CO)CN1CCC(N2CCCCC2)CC1. The van der Waals surface area contributed by atoms with Crippen LogP contribution in [0.5, 0.6) is 0 Å². The molecule has 2 aliphatic heterocycles. The van der Waals surface area contributed by atoms with E-state index in [1.165, 1.54) is 64.7 Å². The summed E-state index contributed by atoms with van der Waals surface area (Å²) in [5.74, 6) is 0. The van der Waals surface area contributed by atoms with Crippen LogP contribution in [-0.2, 0) is 0 Å². The summed E-state index contributed by atoms with van der Waals surface area (Å²) in [4.78, 5) is 5.32. The van der Waals surface area contributed by atoms with Gasteiger partial charge in [0.1, 0.15) is 0 Å². The lowest BCUT2D eigenvalue weighted by Crippen LogP contribution is -2.49. The second-order valence-electron chi connectivity index (χ2n) is 7.32. The van der Waals surface area contributed by atoms with Crippen LogP contribution in [0.15, 0.2) is 0 Å². The molecule has 3 nitrogen and oxygen atoms in total. The Bertz CT molecular complexity index is 270. The second kappa shape index (κ2) is 7.77. The van der Waals surface area contributed by atoms with Crippen molar-refractivity contribution in [1.29, 1.82) is 0 Å². The number of piperidine rings is 2. The van der Waals surface area contributed by atoms with Gasteiger partial charge < -0.3 is 14.9 Å². The number of aliphatic hydroxyl groups is 1. The Balaban J connectivity index is 1.75. The molecule has 0 aromatic carbocycles. The summed E-state index contributed by atoms with van der Waals surface area (Å²) < 4.78 is 0. The zero-order valence-corrected chi connectivity index (χ0v) is 13.6. The van der Waals surface area contributed by atoms with Gasteiger partial charge in [0.2, 0.25) is 0 Å². The van der Waals surface area contributed by atoms with E-state index < -0.39 is 0 Å². The zero-order chi connectivity index (χ0) is 14.4. The topological polar surface area (TPSA) is 26.7 Å². The quantitative estimate of drug-likeness (QED) is 0.811. The maximum absolute atomic E-state index is 9.67. The Morgan fingerprint density at radius 2 is 1.70 bits per heavy atom. The van der Waals surface area contributed by atoms with E-state index in [0.717, 1.165) is 19.0 Å². The molecule has 0 saturated carbocycles. The van der Waals surface area contributed by atoms with E-state index in [1.807, 2.05) is 0 Å². The summed E-state index contributed by atoms with van der Waals surface area (Å²) in [6.07, 6.45) is 9.19. The highest BCUT2D eigenvalue weighted by Gasteiger charge is 2.30. The number of hydrogen-bond acceptors (Lipinski definition) is 3. The van der Waals surface area contributed by atoms with Gasteiger partial charge in [-0.3, -0.25) is 0 Å². The number of likely N-dealkylation sites (tertiary alicyclic amines) is 2. The molecule has 2 saturated heterocycles. The van der Waals surface area contributed by atoms with Gasteiger partial charge in [0.15, 0.2) is 0 Å². The van der Waals surface area contributed by atoms with E-state index in [-0.39, 0.29) is 5.41 Å². The van der Waals surface area contributed by atoms with Gasteiger partial charge >= 0.3 is 0 Å². The van der Waals surface area contributed by atoms with Gasteiger partial charge in [0.05, 0.1) is 0 Å². The van der Waals surface area contributed by atoms with E-state index >= 15 is 0 Å². The first-order chi connectivity index (χ1) is 9.67. The lowest BCUT2D eigenvalue weighted by molar-refractivity contribution is 0.0438. The molecule has 0 aliphatic carbocycles. The summed E-state index contributed by atoms with van der Waals surface area (Å²) in [6, 6.07) is 0.832. The average molecular weight is 282 g/mol. The zero-order valence-electron chi connectivity index (χ0n) is 13.6. The molecule has 2 aliphatic rings. The van der Waals surface area contributed by atoms with Crippen molar-refractivity contribution < 1.29 is 5.11 Å². The first-order valence-corrected chi connectivity index (χ1v) is 8.74. The Morgan fingerprint density at radius 3 is 2.25 bits per heavy atom. The summed E-state index contributed by atoms with van der Waals surface area (Å²) in [6.45, 7) is 11.0. The molecule has 1 unspecified atom stereocenters. The fourth-order valence-corrected chi connectivity index (χ4v) is 4.08. The highest BCUT2D eigenvalue weighted by atomic mass is 16.3.